The topological polar surface area (TPSA) is 70.2 Å². The molecule has 0 fully saturated rings. The van der Waals surface area contributed by atoms with Gasteiger partial charge in [-0.25, -0.2) is 0 Å². The predicted octanol–water partition coefficient (Wildman–Crippen LogP) is 3.34. The number of hydrazine groups is 1. The highest BCUT2D eigenvalue weighted by Crippen LogP contribution is 2.10. The third-order valence-electron chi connectivity index (χ3n) is 2.93. The number of hydrogen-bond acceptors (Lipinski definition) is 3. The molecule has 3 N–H and O–H groups in total. The maximum absolute atomic E-state index is 11.9. The van der Waals surface area contributed by atoms with Crippen LogP contribution in [0.2, 0.25) is 10.0 Å². The predicted molar refractivity (Wildman–Crippen MR) is 103 cm³/mol. The molecule has 0 atom stereocenters. The molecular weight excluding hydrogens is 381 g/mol. The van der Waals surface area contributed by atoms with Gasteiger partial charge in [0, 0.05) is 21.7 Å². The Morgan fingerprint density at radius 2 is 1.44 bits per heavy atom. The van der Waals surface area contributed by atoms with Crippen LogP contribution in [0, 0.1) is 0 Å². The second-order valence-corrected chi connectivity index (χ2v) is 6.07. The van der Waals surface area contributed by atoms with E-state index in [9.17, 15) is 9.59 Å². The molecule has 0 aromatic heterocycles. The van der Waals surface area contributed by atoms with E-state index in [1.54, 1.807) is 54.6 Å². The number of carbonyl (C=O) groups excluding carboxylic acids is 2. The Morgan fingerprint density at radius 1 is 0.880 bits per heavy atom. The average Bonchev–Trinajstić information content (AvgIpc) is 2.60. The molecular formula is C17H13Cl2N3O2S. The molecule has 0 bridgehead atoms. The second kappa shape index (κ2) is 9.17. The maximum Gasteiger partial charge on any atom is 0.269 e. The number of carbonyl (C=O) groups is 2. The van der Waals surface area contributed by atoms with Crippen LogP contribution in [0.1, 0.15) is 15.9 Å². The third kappa shape index (κ3) is 6.54. The first-order chi connectivity index (χ1) is 11.9. The molecule has 0 spiro atoms. The molecule has 0 radical (unpaired) electrons. The lowest BCUT2D eigenvalue weighted by Gasteiger charge is -2.09. The van der Waals surface area contributed by atoms with Gasteiger partial charge in [0.1, 0.15) is 0 Å². The molecule has 25 heavy (non-hydrogen) atoms. The highest BCUT2D eigenvalue weighted by molar-refractivity contribution is 7.80. The summed E-state index contributed by atoms with van der Waals surface area (Å²) in [6.07, 6.45) is 2.93. The van der Waals surface area contributed by atoms with Crippen LogP contribution in [0.4, 0.5) is 0 Å². The lowest BCUT2D eigenvalue weighted by Crippen LogP contribution is -2.48. The van der Waals surface area contributed by atoms with Crippen molar-refractivity contribution in [1.82, 2.24) is 16.2 Å². The van der Waals surface area contributed by atoms with E-state index in [-0.39, 0.29) is 5.11 Å². The van der Waals surface area contributed by atoms with Crippen molar-refractivity contribution in [3.63, 3.8) is 0 Å². The van der Waals surface area contributed by atoms with E-state index >= 15 is 0 Å². The number of nitrogens with one attached hydrogen (secondary N) is 3. The number of hydrogen-bond donors (Lipinski definition) is 3. The Hall–Kier alpha value is -2.41. The number of thiocarbonyl (C=S) groups is 1. The van der Waals surface area contributed by atoms with E-state index in [4.69, 9.17) is 35.4 Å². The van der Waals surface area contributed by atoms with Crippen LogP contribution >= 0.6 is 35.4 Å². The largest absolute Gasteiger partial charge is 0.298 e. The molecule has 0 unspecified atom stereocenters. The van der Waals surface area contributed by atoms with Crippen molar-refractivity contribution in [2.75, 3.05) is 0 Å². The summed E-state index contributed by atoms with van der Waals surface area (Å²) in [7, 11) is 0. The van der Waals surface area contributed by atoms with Crippen LogP contribution in [-0.4, -0.2) is 16.9 Å². The van der Waals surface area contributed by atoms with Crippen LogP contribution in [0.25, 0.3) is 6.08 Å². The highest BCUT2D eigenvalue weighted by Gasteiger charge is 2.06. The van der Waals surface area contributed by atoms with Crippen LogP contribution in [0.3, 0.4) is 0 Å². The van der Waals surface area contributed by atoms with Crippen LogP contribution in [0.5, 0.6) is 0 Å². The fourth-order valence-electron chi connectivity index (χ4n) is 1.72. The number of halogens is 2. The number of rotatable bonds is 3. The average molecular weight is 394 g/mol. The monoisotopic (exact) mass is 393 g/mol. The van der Waals surface area contributed by atoms with E-state index in [2.05, 4.69) is 16.2 Å². The summed E-state index contributed by atoms with van der Waals surface area (Å²) in [6, 6.07) is 13.3. The molecule has 0 saturated heterocycles. The Morgan fingerprint density at radius 3 is 2.04 bits per heavy atom. The summed E-state index contributed by atoms with van der Waals surface area (Å²) in [4.78, 5) is 23.6. The van der Waals surface area contributed by atoms with Crippen molar-refractivity contribution in [3.05, 3.63) is 75.8 Å². The highest BCUT2D eigenvalue weighted by atomic mass is 35.5. The third-order valence-corrected chi connectivity index (χ3v) is 3.64. The van der Waals surface area contributed by atoms with Gasteiger partial charge in [0.15, 0.2) is 5.11 Å². The lowest BCUT2D eigenvalue weighted by atomic mass is 10.2. The molecule has 0 heterocycles. The molecule has 2 amide bonds. The summed E-state index contributed by atoms with van der Waals surface area (Å²) in [5.74, 6) is -0.849. The van der Waals surface area contributed by atoms with E-state index in [1.807, 2.05) is 0 Å². The van der Waals surface area contributed by atoms with E-state index in [0.29, 0.717) is 15.6 Å². The van der Waals surface area contributed by atoms with Gasteiger partial charge >= 0.3 is 0 Å². The first-order valence-electron chi connectivity index (χ1n) is 7.04. The molecule has 2 aromatic carbocycles. The minimum Gasteiger partial charge on any atom is -0.298 e. The van der Waals surface area contributed by atoms with E-state index < -0.39 is 11.8 Å². The van der Waals surface area contributed by atoms with Crippen LogP contribution < -0.4 is 16.2 Å². The first-order valence-corrected chi connectivity index (χ1v) is 8.21. The minimum absolute atomic E-state index is 0.0342. The normalized spacial score (nSPS) is 10.3. The Labute approximate surface area is 160 Å². The zero-order valence-electron chi connectivity index (χ0n) is 12.8. The Kier molecular flexibility index (Phi) is 6.94. The van der Waals surface area contributed by atoms with E-state index in [1.165, 1.54) is 6.08 Å². The molecule has 8 heteroatoms. The van der Waals surface area contributed by atoms with Gasteiger partial charge < -0.3 is 0 Å². The van der Waals surface area contributed by atoms with Gasteiger partial charge in [0.2, 0.25) is 5.91 Å². The fraction of sp³-hybridized carbons (Fsp3) is 0. The quantitative estimate of drug-likeness (QED) is 0.424. The summed E-state index contributed by atoms with van der Waals surface area (Å²) in [5.41, 5.74) is 6.04. The molecule has 2 rings (SSSR count). The van der Waals surface area contributed by atoms with Gasteiger partial charge in [0.25, 0.3) is 5.91 Å². The molecule has 5 nitrogen and oxygen atoms in total. The zero-order valence-corrected chi connectivity index (χ0v) is 15.1. The van der Waals surface area contributed by atoms with Crippen molar-refractivity contribution in [2.45, 2.75) is 0 Å². The molecule has 128 valence electrons. The van der Waals surface area contributed by atoms with Crippen LogP contribution in [-0.2, 0) is 4.79 Å². The minimum atomic E-state index is -0.437. The van der Waals surface area contributed by atoms with Gasteiger partial charge in [-0.1, -0.05) is 35.3 Å². The molecule has 0 aliphatic rings. The molecule has 2 aromatic rings. The summed E-state index contributed by atoms with van der Waals surface area (Å²) in [5, 5.41) is 3.52. The molecule has 0 aliphatic carbocycles. The zero-order chi connectivity index (χ0) is 18.2. The smallest absolute Gasteiger partial charge is 0.269 e. The van der Waals surface area contributed by atoms with Gasteiger partial charge in [-0.2, -0.15) is 0 Å². The van der Waals surface area contributed by atoms with Crippen molar-refractivity contribution in [3.8, 4) is 0 Å². The second-order valence-electron chi connectivity index (χ2n) is 4.79. The van der Waals surface area contributed by atoms with Crippen LogP contribution in [0.15, 0.2) is 54.6 Å². The summed E-state index contributed by atoms with van der Waals surface area (Å²) >= 11 is 16.5. The number of benzene rings is 2. The van der Waals surface area contributed by atoms with E-state index in [0.717, 1.165) is 5.56 Å². The number of amides is 2. The summed E-state index contributed by atoms with van der Waals surface area (Å²) < 4.78 is 0. The molecule has 0 saturated carbocycles. The SMILES string of the molecule is O=C(C=Cc1ccc(Cl)cc1)NC(=S)NNC(=O)c1ccc(Cl)cc1. The van der Waals surface area contributed by atoms with Crippen molar-refractivity contribution in [1.29, 1.82) is 0 Å². The van der Waals surface area contributed by atoms with Crippen molar-refractivity contribution >= 4 is 58.4 Å². The van der Waals surface area contributed by atoms with Crippen molar-refractivity contribution in [2.24, 2.45) is 0 Å². The Bertz CT molecular complexity index is 806. The fourth-order valence-corrected chi connectivity index (χ4v) is 2.12. The summed E-state index contributed by atoms with van der Waals surface area (Å²) in [6.45, 7) is 0. The standard InChI is InChI=1S/C17H13Cl2N3O2S/c18-13-6-1-11(2-7-13)3-10-15(23)20-17(25)22-21-16(24)12-4-8-14(19)9-5-12/h1-10H,(H,21,24)(H2,20,22,23,25). The van der Waals surface area contributed by atoms with Gasteiger partial charge in [-0.3, -0.25) is 25.8 Å². The van der Waals surface area contributed by atoms with Gasteiger partial charge in [-0.05, 0) is 60.3 Å². The maximum atomic E-state index is 11.9. The molecule has 0 aliphatic heterocycles. The van der Waals surface area contributed by atoms with Gasteiger partial charge in [0.05, 0.1) is 0 Å². The van der Waals surface area contributed by atoms with Gasteiger partial charge in [-0.15, -0.1) is 0 Å². The Balaban J connectivity index is 1.79. The lowest BCUT2D eigenvalue weighted by molar-refractivity contribution is -0.115. The first kappa shape index (κ1) is 18.9. The van der Waals surface area contributed by atoms with Crippen molar-refractivity contribution < 1.29 is 9.59 Å².